The molecule has 0 heterocycles. The van der Waals surface area contributed by atoms with E-state index in [-0.39, 0.29) is 0 Å². The molecule has 0 radical (unpaired) electrons. The topological polar surface area (TPSA) is 0 Å². The Labute approximate surface area is 200 Å². The molecule has 0 aliphatic heterocycles. The molecule has 0 bridgehead atoms. The van der Waals surface area contributed by atoms with Gasteiger partial charge in [0.15, 0.2) is 0 Å². The summed E-state index contributed by atoms with van der Waals surface area (Å²) in [5, 5.41) is 0. The van der Waals surface area contributed by atoms with E-state index in [1.54, 1.807) is 0 Å². The monoisotopic (exact) mass is 438 g/mol. The number of allylic oxidation sites excluding steroid dienone is 1. The lowest BCUT2D eigenvalue weighted by molar-refractivity contribution is -0.242. The zero-order valence-corrected chi connectivity index (χ0v) is 22.9. The average molecular weight is 439 g/mol. The predicted octanol–water partition coefficient (Wildman–Crippen LogP) is 9.69. The number of rotatable bonds is 2. The van der Waals surface area contributed by atoms with Gasteiger partial charge in [-0.25, -0.2) is 0 Å². The predicted molar refractivity (Wildman–Crippen MR) is 138 cm³/mol. The van der Waals surface area contributed by atoms with Crippen LogP contribution in [0.15, 0.2) is 12.2 Å². The van der Waals surface area contributed by atoms with Gasteiger partial charge in [-0.3, -0.25) is 0 Å². The molecule has 8 unspecified atom stereocenters. The molecule has 0 heteroatoms. The fourth-order valence-electron chi connectivity index (χ4n) is 12.1. The van der Waals surface area contributed by atoms with E-state index >= 15 is 0 Å². The van der Waals surface area contributed by atoms with Gasteiger partial charge in [0, 0.05) is 0 Å². The van der Waals surface area contributed by atoms with Crippen LogP contribution in [0.5, 0.6) is 0 Å². The minimum atomic E-state index is 0.506. The molecular weight excluding hydrogens is 384 g/mol. The van der Waals surface area contributed by atoms with E-state index in [0.717, 1.165) is 35.5 Å². The van der Waals surface area contributed by atoms with Crippen LogP contribution in [-0.4, -0.2) is 0 Å². The third-order valence-corrected chi connectivity index (χ3v) is 14.5. The Bertz CT molecular complexity index is 775. The van der Waals surface area contributed by atoms with Crippen molar-refractivity contribution >= 4 is 0 Å². The van der Waals surface area contributed by atoms with Gasteiger partial charge in [0.1, 0.15) is 0 Å². The van der Waals surface area contributed by atoms with Crippen molar-refractivity contribution in [2.45, 2.75) is 126 Å². The molecule has 182 valence electrons. The van der Waals surface area contributed by atoms with E-state index in [0.29, 0.717) is 27.1 Å². The molecule has 0 aromatic heterocycles. The second-order valence-electron chi connectivity index (χ2n) is 15.2. The Hall–Kier alpha value is -0.260. The third-order valence-electron chi connectivity index (χ3n) is 14.5. The summed E-state index contributed by atoms with van der Waals surface area (Å²) in [6, 6.07) is 0. The van der Waals surface area contributed by atoms with Crippen molar-refractivity contribution < 1.29 is 0 Å². The summed E-state index contributed by atoms with van der Waals surface area (Å²) in [7, 11) is 0. The third kappa shape index (κ3) is 2.68. The first-order chi connectivity index (χ1) is 14.9. The van der Waals surface area contributed by atoms with Gasteiger partial charge in [-0.2, -0.15) is 0 Å². The van der Waals surface area contributed by atoms with Crippen LogP contribution in [-0.2, 0) is 0 Å². The molecule has 0 aromatic rings. The average Bonchev–Trinajstić information content (AvgIpc) is 3.12. The summed E-state index contributed by atoms with van der Waals surface area (Å²) in [4.78, 5) is 0. The fourth-order valence-corrected chi connectivity index (χ4v) is 12.1. The zero-order chi connectivity index (χ0) is 23.3. The highest BCUT2D eigenvalue weighted by Gasteiger charge is 2.70. The standard InChI is InChI=1S/C32H54/c1-10-32-18-14-23(21(2)3)27(32)24-11-12-26-29(7)16-13-22(4)28(5,6)25(29)15-17-31(26,9)30(24,8)19-20-32/h22-27H,2,10-20H2,1,3-9H3/t22?,23-,24?,25?,26?,27?,29?,30+,31?,32?/m0/s1. The Morgan fingerprint density at radius 1 is 0.781 bits per heavy atom. The molecule has 5 fully saturated rings. The van der Waals surface area contributed by atoms with E-state index in [1.807, 2.05) is 0 Å². The van der Waals surface area contributed by atoms with Gasteiger partial charge >= 0.3 is 0 Å². The van der Waals surface area contributed by atoms with Crippen molar-refractivity contribution in [1.82, 2.24) is 0 Å². The van der Waals surface area contributed by atoms with Crippen LogP contribution >= 0.6 is 0 Å². The van der Waals surface area contributed by atoms with Crippen LogP contribution in [0.25, 0.3) is 0 Å². The molecule has 5 aliphatic rings. The quantitative estimate of drug-likeness (QED) is 0.376. The van der Waals surface area contributed by atoms with Gasteiger partial charge in [0.25, 0.3) is 0 Å². The Morgan fingerprint density at radius 3 is 2.16 bits per heavy atom. The lowest BCUT2D eigenvalue weighted by atomic mass is 9.32. The van der Waals surface area contributed by atoms with E-state index in [4.69, 9.17) is 0 Å². The molecule has 0 amide bonds. The molecule has 0 N–H and O–H groups in total. The number of fused-ring (bicyclic) bond motifs is 7. The van der Waals surface area contributed by atoms with Crippen LogP contribution in [0.1, 0.15) is 126 Å². The van der Waals surface area contributed by atoms with Crippen LogP contribution in [0.2, 0.25) is 0 Å². The Kier molecular flexibility index (Phi) is 5.23. The number of hydrogen-bond acceptors (Lipinski definition) is 0. The Balaban J connectivity index is 1.55. The first kappa shape index (κ1) is 23.5. The van der Waals surface area contributed by atoms with Gasteiger partial charge in [-0.15, -0.1) is 0 Å². The molecular formula is C32H54. The van der Waals surface area contributed by atoms with Crippen LogP contribution < -0.4 is 0 Å². The largest absolute Gasteiger partial charge is 0.0998 e. The maximum absolute atomic E-state index is 4.54. The van der Waals surface area contributed by atoms with E-state index in [9.17, 15) is 0 Å². The highest BCUT2D eigenvalue weighted by atomic mass is 14.7. The smallest absolute Gasteiger partial charge is 0.0172 e. The normalized spacial score (nSPS) is 56.5. The molecule has 5 saturated carbocycles. The van der Waals surface area contributed by atoms with Crippen molar-refractivity contribution in [1.29, 1.82) is 0 Å². The summed E-state index contributed by atoms with van der Waals surface area (Å²) in [5.74, 6) is 5.37. The minimum Gasteiger partial charge on any atom is -0.0998 e. The van der Waals surface area contributed by atoms with Gasteiger partial charge in [0.05, 0.1) is 0 Å². The first-order valence-electron chi connectivity index (χ1n) is 14.5. The van der Waals surface area contributed by atoms with Crippen molar-refractivity contribution in [3.63, 3.8) is 0 Å². The van der Waals surface area contributed by atoms with Crippen molar-refractivity contribution in [2.75, 3.05) is 0 Å². The van der Waals surface area contributed by atoms with E-state index < -0.39 is 0 Å². The van der Waals surface area contributed by atoms with Gasteiger partial charge < -0.3 is 0 Å². The fraction of sp³-hybridized carbons (Fsp3) is 0.938. The summed E-state index contributed by atoms with van der Waals surface area (Å²) >= 11 is 0. The molecule has 5 rings (SSSR count). The summed E-state index contributed by atoms with van der Waals surface area (Å²) in [5.41, 5.74) is 4.24. The molecule has 0 aromatic carbocycles. The molecule has 5 aliphatic carbocycles. The van der Waals surface area contributed by atoms with E-state index in [1.165, 1.54) is 76.2 Å². The summed E-state index contributed by atoms with van der Waals surface area (Å²) in [6.45, 7) is 25.6. The van der Waals surface area contributed by atoms with Gasteiger partial charge in [-0.1, -0.05) is 67.0 Å². The minimum absolute atomic E-state index is 0.506. The SMILES string of the molecule is C=C(C)[C@@H]1CCC2(CC)CC[C@]3(C)C(CCC4C5(C)CCC(C)C(C)(C)C5CCC43C)C12. The van der Waals surface area contributed by atoms with Crippen molar-refractivity contribution in [3.8, 4) is 0 Å². The molecule has 32 heavy (non-hydrogen) atoms. The highest BCUT2D eigenvalue weighted by Crippen LogP contribution is 2.78. The second kappa shape index (κ2) is 7.13. The Morgan fingerprint density at radius 2 is 1.50 bits per heavy atom. The van der Waals surface area contributed by atoms with Crippen LogP contribution in [0.3, 0.4) is 0 Å². The second-order valence-corrected chi connectivity index (χ2v) is 15.2. The first-order valence-corrected chi connectivity index (χ1v) is 14.5. The van der Waals surface area contributed by atoms with E-state index in [2.05, 4.69) is 62.0 Å². The molecule has 0 nitrogen and oxygen atoms in total. The van der Waals surface area contributed by atoms with Crippen molar-refractivity contribution in [2.24, 2.45) is 62.6 Å². The van der Waals surface area contributed by atoms with Gasteiger partial charge in [-0.05, 0) is 134 Å². The maximum atomic E-state index is 4.54. The zero-order valence-electron chi connectivity index (χ0n) is 22.9. The van der Waals surface area contributed by atoms with Crippen LogP contribution in [0, 0.1) is 62.6 Å². The molecule has 10 atom stereocenters. The summed E-state index contributed by atoms with van der Waals surface area (Å²) < 4.78 is 0. The van der Waals surface area contributed by atoms with Crippen molar-refractivity contribution in [3.05, 3.63) is 12.2 Å². The maximum Gasteiger partial charge on any atom is -0.0172 e. The lowest BCUT2D eigenvalue weighted by Crippen LogP contribution is -2.66. The van der Waals surface area contributed by atoms with Crippen LogP contribution in [0.4, 0.5) is 0 Å². The lowest BCUT2D eigenvalue weighted by Gasteiger charge is -2.73. The van der Waals surface area contributed by atoms with Gasteiger partial charge in [0.2, 0.25) is 0 Å². The number of hydrogen-bond donors (Lipinski definition) is 0. The molecule has 0 spiro atoms. The summed E-state index contributed by atoms with van der Waals surface area (Å²) in [6.07, 6.45) is 16.2. The molecule has 0 saturated heterocycles. The highest BCUT2D eigenvalue weighted by molar-refractivity contribution is 5.21.